The number of aromatic nitrogens is 3. The van der Waals surface area contributed by atoms with Gasteiger partial charge < -0.3 is 14.1 Å². The number of imidazole rings is 1. The Bertz CT molecular complexity index is 733. The van der Waals surface area contributed by atoms with Crippen molar-refractivity contribution in [2.75, 3.05) is 0 Å². The van der Waals surface area contributed by atoms with Crippen LogP contribution in [0.25, 0.3) is 0 Å². The number of hydrogen-bond donors (Lipinski definition) is 1. The van der Waals surface area contributed by atoms with E-state index in [1.54, 1.807) is 23.2 Å². The molecule has 0 bridgehead atoms. The number of benzene rings is 1. The van der Waals surface area contributed by atoms with E-state index in [9.17, 15) is 9.50 Å². The minimum Gasteiger partial charge on any atom is -0.444 e. The largest absolute Gasteiger partial charge is 0.444 e. The summed E-state index contributed by atoms with van der Waals surface area (Å²) in [5, 5.41) is 10.4. The van der Waals surface area contributed by atoms with Crippen LogP contribution < -0.4 is 0 Å². The fourth-order valence-corrected chi connectivity index (χ4v) is 2.12. The first kappa shape index (κ1) is 13.5. The molecule has 0 spiro atoms. The molecular weight excluding hydrogens is 273 g/mol. The Morgan fingerprint density at radius 1 is 1.29 bits per heavy atom. The maximum absolute atomic E-state index is 12.9. The van der Waals surface area contributed by atoms with Gasteiger partial charge in [-0.05, 0) is 24.6 Å². The van der Waals surface area contributed by atoms with Crippen molar-refractivity contribution in [2.24, 2.45) is 0 Å². The Labute approximate surface area is 120 Å². The zero-order valence-electron chi connectivity index (χ0n) is 11.4. The zero-order chi connectivity index (χ0) is 14.8. The number of oxazole rings is 1. The Hall–Kier alpha value is -2.47. The third-order valence-electron chi connectivity index (χ3n) is 3.15. The molecule has 1 aromatic carbocycles. The topological polar surface area (TPSA) is 64.1 Å². The van der Waals surface area contributed by atoms with Crippen LogP contribution >= 0.6 is 0 Å². The number of aliphatic hydroxyl groups excluding tert-OH is 1. The van der Waals surface area contributed by atoms with Crippen LogP contribution in [0.5, 0.6) is 0 Å². The lowest BCUT2D eigenvalue weighted by Crippen LogP contribution is -2.10. The Balaban J connectivity index is 1.86. The summed E-state index contributed by atoms with van der Waals surface area (Å²) < 4.78 is 20.1. The highest BCUT2D eigenvalue weighted by atomic mass is 19.1. The highest BCUT2D eigenvalue weighted by molar-refractivity contribution is 5.23. The minimum atomic E-state index is -0.934. The zero-order valence-corrected chi connectivity index (χ0v) is 11.4. The number of aliphatic hydroxyl groups is 1. The second-order valence-electron chi connectivity index (χ2n) is 4.73. The molecule has 0 fully saturated rings. The van der Waals surface area contributed by atoms with Crippen molar-refractivity contribution in [1.82, 2.24) is 14.5 Å². The van der Waals surface area contributed by atoms with Gasteiger partial charge in [-0.25, -0.2) is 14.4 Å². The van der Waals surface area contributed by atoms with E-state index < -0.39 is 6.10 Å². The quantitative estimate of drug-likeness (QED) is 0.800. The molecule has 6 heteroatoms. The number of halogens is 1. The van der Waals surface area contributed by atoms with Crippen LogP contribution in [-0.4, -0.2) is 19.6 Å². The molecule has 0 saturated carbocycles. The van der Waals surface area contributed by atoms with Crippen molar-refractivity contribution < 1.29 is 13.9 Å². The van der Waals surface area contributed by atoms with Crippen molar-refractivity contribution in [3.05, 3.63) is 71.7 Å². The van der Waals surface area contributed by atoms with Gasteiger partial charge in [0.1, 0.15) is 30.1 Å². The molecule has 5 nitrogen and oxygen atoms in total. The van der Waals surface area contributed by atoms with Crippen LogP contribution in [0.3, 0.4) is 0 Å². The van der Waals surface area contributed by atoms with E-state index >= 15 is 0 Å². The standard InChI is InChI=1S/C15H14FN3O2/c1-10-8-18-13(21-10)9-19-7-6-17-15(19)14(20)11-2-4-12(16)5-3-11/h2-8,14,20H,9H2,1H3/t14-/m1/s1. The molecule has 1 N–H and O–H groups in total. The maximum atomic E-state index is 12.9. The fourth-order valence-electron chi connectivity index (χ4n) is 2.12. The monoisotopic (exact) mass is 287 g/mol. The number of rotatable bonds is 4. The summed E-state index contributed by atoms with van der Waals surface area (Å²) in [4.78, 5) is 8.30. The number of aryl methyl sites for hydroxylation is 1. The minimum absolute atomic E-state index is 0.343. The lowest BCUT2D eigenvalue weighted by atomic mass is 10.1. The maximum Gasteiger partial charge on any atom is 0.214 e. The van der Waals surface area contributed by atoms with Crippen LogP contribution in [0.1, 0.15) is 29.1 Å². The van der Waals surface area contributed by atoms with Gasteiger partial charge in [-0.1, -0.05) is 12.1 Å². The summed E-state index contributed by atoms with van der Waals surface area (Å²) in [6.07, 6.45) is 4.04. The lowest BCUT2D eigenvalue weighted by molar-refractivity contribution is 0.204. The van der Waals surface area contributed by atoms with Gasteiger partial charge in [0.05, 0.1) is 6.20 Å². The summed E-state index contributed by atoms with van der Waals surface area (Å²) >= 11 is 0. The van der Waals surface area contributed by atoms with Crippen LogP contribution in [0.4, 0.5) is 4.39 Å². The molecular formula is C15H14FN3O2. The smallest absolute Gasteiger partial charge is 0.214 e. The molecule has 21 heavy (non-hydrogen) atoms. The van der Waals surface area contributed by atoms with Crippen molar-refractivity contribution in [3.63, 3.8) is 0 Å². The van der Waals surface area contributed by atoms with Gasteiger partial charge in [0.15, 0.2) is 0 Å². The van der Waals surface area contributed by atoms with E-state index in [0.717, 1.165) is 5.76 Å². The Morgan fingerprint density at radius 2 is 2.05 bits per heavy atom. The third-order valence-corrected chi connectivity index (χ3v) is 3.15. The van der Waals surface area contributed by atoms with Gasteiger partial charge in [-0.2, -0.15) is 0 Å². The molecule has 0 radical (unpaired) electrons. The Kier molecular flexibility index (Phi) is 3.53. The molecule has 0 aliphatic rings. The average Bonchev–Trinajstić information content (AvgIpc) is 3.09. The van der Waals surface area contributed by atoms with Crippen molar-refractivity contribution in [2.45, 2.75) is 19.6 Å². The second kappa shape index (κ2) is 5.49. The fraction of sp³-hybridized carbons (Fsp3) is 0.200. The highest BCUT2D eigenvalue weighted by Crippen LogP contribution is 2.21. The molecule has 0 aliphatic carbocycles. The van der Waals surface area contributed by atoms with E-state index in [1.807, 2.05) is 6.92 Å². The average molecular weight is 287 g/mol. The first-order valence-electron chi connectivity index (χ1n) is 6.49. The number of nitrogens with zero attached hydrogens (tertiary/aromatic N) is 3. The van der Waals surface area contributed by atoms with Gasteiger partial charge in [0.25, 0.3) is 0 Å². The predicted molar refractivity (Wildman–Crippen MR) is 73.0 cm³/mol. The first-order chi connectivity index (χ1) is 10.1. The second-order valence-corrected chi connectivity index (χ2v) is 4.73. The lowest BCUT2D eigenvalue weighted by Gasteiger charge is -2.12. The molecule has 3 aromatic rings. The molecule has 2 heterocycles. The molecule has 3 rings (SSSR count). The summed E-state index contributed by atoms with van der Waals surface area (Å²) in [5.74, 6) is 1.38. The molecule has 0 unspecified atom stereocenters. The molecule has 108 valence electrons. The van der Waals surface area contributed by atoms with Gasteiger partial charge >= 0.3 is 0 Å². The van der Waals surface area contributed by atoms with E-state index in [1.165, 1.54) is 24.3 Å². The number of hydrogen-bond acceptors (Lipinski definition) is 4. The van der Waals surface area contributed by atoms with Crippen molar-refractivity contribution >= 4 is 0 Å². The van der Waals surface area contributed by atoms with Gasteiger partial charge in [-0.3, -0.25) is 0 Å². The summed E-state index contributed by atoms with van der Waals surface area (Å²) in [6.45, 7) is 2.19. The van der Waals surface area contributed by atoms with Gasteiger partial charge in [-0.15, -0.1) is 0 Å². The van der Waals surface area contributed by atoms with Crippen LogP contribution in [0.15, 0.2) is 47.3 Å². The van der Waals surface area contributed by atoms with Crippen LogP contribution in [-0.2, 0) is 6.54 Å². The van der Waals surface area contributed by atoms with Crippen molar-refractivity contribution in [3.8, 4) is 0 Å². The summed E-state index contributed by atoms with van der Waals surface area (Å²) in [7, 11) is 0. The SMILES string of the molecule is Cc1cnc(Cn2ccnc2[C@H](O)c2ccc(F)cc2)o1. The normalized spacial score (nSPS) is 12.5. The van der Waals surface area contributed by atoms with E-state index in [0.29, 0.717) is 23.8 Å². The Morgan fingerprint density at radius 3 is 2.71 bits per heavy atom. The molecule has 0 saturated heterocycles. The molecule has 2 aromatic heterocycles. The van der Waals surface area contributed by atoms with Crippen molar-refractivity contribution in [1.29, 1.82) is 0 Å². The first-order valence-corrected chi connectivity index (χ1v) is 6.49. The van der Waals surface area contributed by atoms with E-state index in [2.05, 4.69) is 9.97 Å². The van der Waals surface area contributed by atoms with Crippen LogP contribution in [0.2, 0.25) is 0 Å². The summed E-state index contributed by atoms with van der Waals surface area (Å²) in [6, 6.07) is 5.69. The third kappa shape index (κ3) is 2.85. The predicted octanol–water partition coefficient (Wildman–Crippen LogP) is 2.45. The molecule has 0 aliphatic heterocycles. The van der Waals surface area contributed by atoms with Gasteiger partial charge in [0.2, 0.25) is 5.89 Å². The van der Waals surface area contributed by atoms with Crippen LogP contribution in [0, 0.1) is 12.7 Å². The van der Waals surface area contributed by atoms with E-state index in [4.69, 9.17) is 4.42 Å². The molecule has 0 amide bonds. The summed E-state index contributed by atoms with van der Waals surface area (Å²) in [5.41, 5.74) is 0.576. The highest BCUT2D eigenvalue weighted by Gasteiger charge is 2.17. The molecule has 1 atom stereocenters. The van der Waals surface area contributed by atoms with E-state index in [-0.39, 0.29) is 5.82 Å². The van der Waals surface area contributed by atoms with Gasteiger partial charge in [0, 0.05) is 12.4 Å².